The van der Waals surface area contributed by atoms with Crippen molar-refractivity contribution >= 4 is 20.8 Å². The molecule has 23 heavy (non-hydrogen) atoms. The largest absolute Gasteiger partial charge is 0.493 e. The van der Waals surface area contributed by atoms with Gasteiger partial charge in [0, 0.05) is 23.9 Å². The van der Waals surface area contributed by atoms with Gasteiger partial charge in [-0.15, -0.1) is 0 Å². The highest BCUT2D eigenvalue weighted by Crippen LogP contribution is 2.31. The topological polar surface area (TPSA) is 64.6 Å². The lowest BCUT2D eigenvalue weighted by Gasteiger charge is -2.14. The smallest absolute Gasteiger partial charge is 0.241 e. The standard InChI is InChI=1S/C17H21NO4S/c1-2-21-16-9-10-17(15-8-4-3-7-14(15)16)23(19,20)18-12-13-6-5-11-22-13/h3-4,7-10,13,18H,2,5-6,11-12H2,1H3/t13-/m1/s1. The van der Waals surface area contributed by atoms with Crippen LogP contribution in [-0.2, 0) is 14.8 Å². The molecule has 0 aliphatic carbocycles. The molecule has 1 aliphatic rings. The van der Waals surface area contributed by atoms with Gasteiger partial charge >= 0.3 is 0 Å². The Morgan fingerprint density at radius 3 is 2.70 bits per heavy atom. The Balaban J connectivity index is 1.93. The van der Waals surface area contributed by atoms with Crippen molar-refractivity contribution in [3.63, 3.8) is 0 Å². The number of nitrogens with one attached hydrogen (secondary N) is 1. The van der Waals surface area contributed by atoms with Gasteiger partial charge in [0.15, 0.2) is 0 Å². The third kappa shape index (κ3) is 3.49. The first kappa shape index (κ1) is 16.2. The van der Waals surface area contributed by atoms with Gasteiger partial charge in [-0.25, -0.2) is 13.1 Å². The second-order valence-corrected chi connectivity index (χ2v) is 7.26. The molecule has 2 aromatic rings. The predicted molar refractivity (Wildman–Crippen MR) is 89.3 cm³/mol. The van der Waals surface area contributed by atoms with Crippen molar-refractivity contribution in [2.45, 2.75) is 30.8 Å². The van der Waals surface area contributed by atoms with Gasteiger partial charge in [0.1, 0.15) is 5.75 Å². The van der Waals surface area contributed by atoms with Crippen molar-refractivity contribution in [1.29, 1.82) is 0 Å². The van der Waals surface area contributed by atoms with Crippen LogP contribution in [0.4, 0.5) is 0 Å². The van der Waals surface area contributed by atoms with Crippen LogP contribution in [0.15, 0.2) is 41.3 Å². The van der Waals surface area contributed by atoms with E-state index in [0.29, 0.717) is 30.9 Å². The molecule has 2 aromatic carbocycles. The van der Waals surface area contributed by atoms with Gasteiger partial charge in [-0.1, -0.05) is 24.3 Å². The number of ether oxygens (including phenoxy) is 2. The summed E-state index contributed by atoms with van der Waals surface area (Å²) in [6.45, 7) is 3.46. The molecule has 0 aromatic heterocycles. The Morgan fingerprint density at radius 2 is 2.00 bits per heavy atom. The summed E-state index contributed by atoms with van der Waals surface area (Å²) in [4.78, 5) is 0.273. The van der Waals surface area contributed by atoms with Crippen molar-refractivity contribution in [2.24, 2.45) is 0 Å². The molecular weight excluding hydrogens is 314 g/mol. The summed E-state index contributed by atoms with van der Waals surface area (Å²) >= 11 is 0. The van der Waals surface area contributed by atoms with E-state index in [4.69, 9.17) is 9.47 Å². The molecule has 0 amide bonds. The van der Waals surface area contributed by atoms with Gasteiger partial charge in [0.25, 0.3) is 0 Å². The molecule has 1 atom stereocenters. The van der Waals surface area contributed by atoms with E-state index in [0.717, 1.165) is 18.2 Å². The van der Waals surface area contributed by atoms with E-state index in [9.17, 15) is 8.42 Å². The van der Waals surface area contributed by atoms with Crippen LogP contribution in [-0.4, -0.2) is 34.3 Å². The van der Waals surface area contributed by atoms with Gasteiger partial charge in [-0.3, -0.25) is 0 Å². The minimum atomic E-state index is -3.59. The Kier molecular flexibility index (Phi) is 4.84. The lowest BCUT2D eigenvalue weighted by molar-refractivity contribution is 0.114. The molecule has 1 N–H and O–H groups in total. The van der Waals surface area contributed by atoms with Crippen LogP contribution in [0.2, 0.25) is 0 Å². The Hall–Kier alpha value is -1.63. The number of rotatable bonds is 6. The van der Waals surface area contributed by atoms with Crippen molar-refractivity contribution in [3.8, 4) is 5.75 Å². The van der Waals surface area contributed by atoms with E-state index in [1.54, 1.807) is 18.2 Å². The predicted octanol–water partition coefficient (Wildman–Crippen LogP) is 2.70. The summed E-state index contributed by atoms with van der Waals surface area (Å²) in [7, 11) is -3.59. The minimum absolute atomic E-state index is 0.0289. The summed E-state index contributed by atoms with van der Waals surface area (Å²) in [5, 5.41) is 1.47. The molecule has 0 saturated carbocycles. The Bertz CT molecular complexity index is 782. The van der Waals surface area contributed by atoms with E-state index in [2.05, 4.69) is 4.72 Å². The van der Waals surface area contributed by atoms with Crippen molar-refractivity contribution < 1.29 is 17.9 Å². The van der Waals surface area contributed by atoms with Gasteiger partial charge in [0.2, 0.25) is 10.0 Å². The lowest BCUT2D eigenvalue weighted by atomic mass is 10.1. The highest BCUT2D eigenvalue weighted by Gasteiger charge is 2.22. The fraction of sp³-hybridized carbons (Fsp3) is 0.412. The van der Waals surface area contributed by atoms with E-state index >= 15 is 0 Å². The SMILES string of the molecule is CCOc1ccc(S(=O)(=O)NC[C@H]2CCCO2)c2ccccc12. The Morgan fingerprint density at radius 1 is 1.22 bits per heavy atom. The van der Waals surface area contributed by atoms with Crippen LogP contribution >= 0.6 is 0 Å². The normalized spacial score (nSPS) is 18.4. The zero-order valence-electron chi connectivity index (χ0n) is 13.1. The third-order valence-corrected chi connectivity index (χ3v) is 5.44. The van der Waals surface area contributed by atoms with Crippen LogP contribution < -0.4 is 9.46 Å². The van der Waals surface area contributed by atoms with Crippen molar-refractivity contribution in [1.82, 2.24) is 4.72 Å². The number of hydrogen-bond acceptors (Lipinski definition) is 4. The lowest BCUT2D eigenvalue weighted by Crippen LogP contribution is -2.31. The van der Waals surface area contributed by atoms with Crippen molar-refractivity contribution in [3.05, 3.63) is 36.4 Å². The minimum Gasteiger partial charge on any atom is -0.493 e. The molecule has 1 saturated heterocycles. The Labute approximate surface area is 136 Å². The van der Waals surface area contributed by atoms with Gasteiger partial charge < -0.3 is 9.47 Å². The number of fused-ring (bicyclic) bond motifs is 1. The molecule has 5 nitrogen and oxygen atoms in total. The number of benzene rings is 2. The fourth-order valence-corrected chi connectivity index (χ4v) is 4.12. The number of sulfonamides is 1. The molecule has 0 radical (unpaired) electrons. The molecule has 1 heterocycles. The van der Waals surface area contributed by atoms with Crippen LogP contribution in [0.5, 0.6) is 5.75 Å². The first-order valence-corrected chi connectivity index (χ1v) is 9.36. The molecule has 1 fully saturated rings. The maximum atomic E-state index is 12.7. The molecule has 3 rings (SSSR count). The average molecular weight is 335 g/mol. The fourth-order valence-electron chi connectivity index (χ4n) is 2.85. The summed E-state index contributed by atoms with van der Waals surface area (Å²) in [6, 6.07) is 10.7. The highest BCUT2D eigenvalue weighted by atomic mass is 32.2. The molecule has 0 bridgehead atoms. The number of hydrogen-bond donors (Lipinski definition) is 1. The first-order valence-electron chi connectivity index (χ1n) is 7.87. The molecule has 6 heteroatoms. The second kappa shape index (κ2) is 6.86. The third-order valence-electron chi connectivity index (χ3n) is 3.96. The summed E-state index contributed by atoms with van der Waals surface area (Å²) < 4.78 is 39.1. The molecule has 1 aliphatic heterocycles. The monoisotopic (exact) mass is 335 g/mol. The molecule has 0 unspecified atom stereocenters. The van der Waals surface area contributed by atoms with E-state index in [-0.39, 0.29) is 11.0 Å². The van der Waals surface area contributed by atoms with E-state index in [1.165, 1.54) is 0 Å². The van der Waals surface area contributed by atoms with Gasteiger partial charge in [-0.2, -0.15) is 0 Å². The maximum Gasteiger partial charge on any atom is 0.241 e. The van der Waals surface area contributed by atoms with E-state index in [1.807, 2.05) is 25.1 Å². The van der Waals surface area contributed by atoms with Crippen LogP contribution in [0.1, 0.15) is 19.8 Å². The second-order valence-electron chi connectivity index (χ2n) is 5.53. The highest BCUT2D eigenvalue weighted by molar-refractivity contribution is 7.89. The summed E-state index contributed by atoms with van der Waals surface area (Å²) in [6.07, 6.45) is 1.85. The summed E-state index contributed by atoms with van der Waals surface area (Å²) in [5.41, 5.74) is 0. The zero-order valence-corrected chi connectivity index (χ0v) is 13.9. The van der Waals surface area contributed by atoms with Gasteiger partial charge in [0.05, 0.1) is 17.6 Å². The first-order chi connectivity index (χ1) is 11.1. The molecular formula is C17H21NO4S. The van der Waals surface area contributed by atoms with Crippen LogP contribution in [0.3, 0.4) is 0 Å². The average Bonchev–Trinajstić information content (AvgIpc) is 3.07. The van der Waals surface area contributed by atoms with Gasteiger partial charge in [-0.05, 0) is 31.9 Å². The van der Waals surface area contributed by atoms with Crippen molar-refractivity contribution in [2.75, 3.05) is 19.8 Å². The van der Waals surface area contributed by atoms with E-state index < -0.39 is 10.0 Å². The molecule has 0 spiro atoms. The maximum absolute atomic E-state index is 12.7. The molecule has 124 valence electrons. The quantitative estimate of drug-likeness (QED) is 0.881. The van der Waals surface area contributed by atoms with Crippen LogP contribution in [0.25, 0.3) is 10.8 Å². The zero-order chi connectivity index (χ0) is 16.3. The summed E-state index contributed by atoms with van der Waals surface area (Å²) in [5.74, 6) is 0.696. The van der Waals surface area contributed by atoms with Crippen LogP contribution in [0, 0.1) is 0 Å².